The van der Waals surface area contributed by atoms with Gasteiger partial charge in [0.05, 0.1) is 11.4 Å². The summed E-state index contributed by atoms with van der Waals surface area (Å²) in [4.78, 5) is 15.1. The highest BCUT2D eigenvalue weighted by Gasteiger charge is 2.30. The number of nitrogens with two attached hydrogens (primary N) is 3. The van der Waals surface area contributed by atoms with Crippen LogP contribution in [-0.2, 0) is 0 Å². The molecule has 4 rings (SSSR count). The van der Waals surface area contributed by atoms with E-state index < -0.39 is 0 Å². The average molecular weight is 449 g/mol. The summed E-state index contributed by atoms with van der Waals surface area (Å²) in [5.41, 5.74) is 21.9. The van der Waals surface area contributed by atoms with Gasteiger partial charge in [-0.3, -0.25) is 9.89 Å². The topological polar surface area (TPSA) is 127 Å². The number of benzene rings is 2. The Balaban J connectivity index is 1.32. The van der Waals surface area contributed by atoms with E-state index in [4.69, 9.17) is 17.2 Å². The van der Waals surface area contributed by atoms with Crippen LogP contribution in [0.1, 0.15) is 61.7 Å². The molecule has 0 aliphatic carbocycles. The molecule has 3 aromatic rings. The fourth-order valence-corrected chi connectivity index (χ4v) is 4.90. The third kappa shape index (κ3) is 5.27. The van der Waals surface area contributed by atoms with Gasteiger partial charge in [0.1, 0.15) is 0 Å². The van der Waals surface area contributed by atoms with Gasteiger partial charge in [0.15, 0.2) is 0 Å². The zero-order chi connectivity index (χ0) is 23.2. The first kappa shape index (κ1) is 23.4. The Morgan fingerprint density at radius 3 is 2.36 bits per heavy atom. The van der Waals surface area contributed by atoms with Crippen molar-refractivity contribution < 1.29 is 4.79 Å². The van der Waals surface area contributed by atoms with E-state index >= 15 is 0 Å². The number of aromatic nitrogens is 2. The van der Waals surface area contributed by atoms with Crippen LogP contribution in [0.4, 0.5) is 5.69 Å². The lowest BCUT2D eigenvalue weighted by atomic mass is 9.99. The molecule has 0 saturated heterocycles. The number of aromatic amines is 1. The van der Waals surface area contributed by atoms with E-state index in [0.717, 1.165) is 91.2 Å². The van der Waals surface area contributed by atoms with Crippen molar-refractivity contribution in [3.63, 3.8) is 0 Å². The SMILES string of the molecule is NCCCCC(N)CCCC(N)CCCN1C(=O)c2cccc3c(-c4ccn[nH]4)ccc1c23. The van der Waals surface area contributed by atoms with E-state index in [1.807, 2.05) is 23.1 Å². The van der Waals surface area contributed by atoms with E-state index in [0.29, 0.717) is 6.54 Å². The number of nitrogens with zero attached hydrogens (tertiary/aromatic N) is 2. The molecule has 1 aliphatic rings. The minimum Gasteiger partial charge on any atom is -0.330 e. The van der Waals surface area contributed by atoms with E-state index in [-0.39, 0.29) is 18.0 Å². The number of carbonyl (C=O) groups excluding carboxylic acids is 1. The van der Waals surface area contributed by atoms with Gasteiger partial charge >= 0.3 is 0 Å². The van der Waals surface area contributed by atoms with Crippen LogP contribution in [-0.4, -0.2) is 41.3 Å². The Morgan fingerprint density at radius 2 is 1.64 bits per heavy atom. The van der Waals surface area contributed by atoms with Gasteiger partial charge in [-0.2, -0.15) is 5.10 Å². The van der Waals surface area contributed by atoms with Crippen LogP contribution in [0, 0.1) is 0 Å². The van der Waals surface area contributed by atoms with Crippen LogP contribution in [0.5, 0.6) is 0 Å². The number of carbonyl (C=O) groups is 1. The highest BCUT2D eigenvalue weighted by atomic mass is 16.2. The predicted octanol–water partition coefficient (Wildman–Crippen LogP) is 3.92. The molecule has 0 radical (unpaired) electrons. The van der Waals surface area contributed by atoms with E-state index in [1.165, 1.54) is 0 Å². The summed E-state index contributed by atoms with van der Waals surface area (Å²) in [6.45, 7) is 1.42. The van der Waals surface area contributed by atoms with Crippen molar-refractivity contribution in [3.8, 4) is 11.3 Å². The summed E-state index contributed by atoms with van der Waals surface area (Å²) in [7, 11) is 0. The highest BCUT2D eigenvalue weighted by molar-refractivity contribution is 6.26. The molecule has 176 valence electrons. The molecule has 2 atom stereocenters. The number of unbranched alkanes of at least 4 members (excludes halogenated alkanes) is 1. The number of anilines is 1. The largest absolute Gasteiger partial charge is 0.330 e. The third-order valence-electron chi connectivity index (χ3n) is 6.71. The Hall–Kier alpha value is -2.74. The van der Waals surface area contributed by atoms with Crippen LogP contribution < -0.4 is 22.1 Å². The Bertz CT molecular complexity index is 1060. The molecule has 0 saturated carbocycles. The van der Waals surface area contributed by atoms with Gasteiger partial charge in [0, 0.05) is 41.3 Å². The maximum atomic E-state index is 13.2. The summed E-state index contributed by atoms with van der Waals surface area (Å²) >= 11 is 0. The molecule has 2 aromatic carbocycles. The standard InChI is InChI=1S/C26H36N6O/c27-15-2-1-6-18(28)7-3-8-19(29)9-5-17-32-24-13-12-20(23-14-16-30-31-23)21-10-4-11-22(25(21)24)26(32)33/h4,10-14,16,18-19H,1-3,5-9,15,17,27-29H2,(H,30,31). The number of hydrogen-bond donors (Lipinski definition) is 4. The molecule has 1 aromatic heterocycles. The lowest BCUT2D eigenvalue weighted by Gasteiger charge is -2.20. The number of nitrogens with one attached hydrogen (secondary N) is 1. The summed E-state index contributed by atoms with van der Waals surface area (Å²) < 4.78 is 0. The quantitative estimate of drug-likeness (QED) is 0.295. The van der Waals surface area contributed by atoms with E-state index in [9.17, 15) is 4.79 Å². The summed E-state index contributed by atoms with van der Waals surface area (Å²) in [5.74, 6) is 0.0781. The molecule has 2 unspecified atom stereocenters. The van der Waals surface area contributed by atoms with Crippen molar-refractivity contribution in [2.45, 2.75) is 63.5 Å². The number of hydrogen-bond acceptors (Lipinski definition) is 5. The van der Waals surface area contributed by atoms with Gasteiger partial charge in [-0.1, -0.05) is 31.0 Å². The van der Waals surface area contributed by atoms with Gasteiger partial charge in [-0.05, 0) is 68.7 Å². The van der Waals surface area contributed by atoms with Crippen molar-refractivity contribution in [1.82, 2.24) is 10.2 Å². The van der Waals surface area contributed by atoms with Gasteiger partial charge in [0.2, 0.25) is 0 Å². The Kier molecular flexibility index (Phi) is 7.75. The minimum atomic E-state index is 0.0781. The highest BCUT2D eigenvalue weighted by Crippen LogP contribution is 2.41. The Morgan fingerprint density at radius 1 is 0.879 bits per heavy atom. The zero-order valence-corrected chi connectivity index (χ0v) is 19.3. The molecule has 2 heterocycles. The van der Waals surface area contributed by atoms with Crippen molar-refractivity contribution in [2.24, 2.45) is 17.2 Å². The van der Waals surface area contributed by atoms with Gasteiger partial charge < -0.3 is 22.1 Å². The first-order valence-corrected chi connectivity index (χ1v) is 12.2. The maximum absolute atomic E-state index is 13.2. The second-order valence-electron chi connectivity index (χ2n) is 9.17. The monoisotopic (exact) mass is 448 g/mol. The van der Waals surface area contributed by atoms with Crippen molar-refractivity contribution >= 4 is 22.4 Å². The lowest BCUT2D eigenvalue weighted by molar-refractivity contribution is 0.0992. The molecular formula is C26H36N6O. The van der Waals surface area contributed by atoms with Crippen molar-refractivity contribution in [3.05, 3.63) is 48.2 Å². The van der Waals surface area contributed by atoms with E-state index in [2.05, 4.69) is 28.4 Å². The van der Waals surface area contributed by atoms with Crippen molar-refractivity contribution in [2.75, 3.05) is 18.0 Å². The summed E-state index contributed by atoms with van der Waals surface area (Å²) in [6.07, 6.45) is 9.75. The van der Waals surface area contributed by atoms with Crippen LogP contribution in [0.2, 0.25) is 0 Å². The third-order valence-corrected chi connectivity index (χ3v) is 6.71. The second kappa shape index (κ2) is 10.9. The molecular weight excluding hydrogens is 412 g/mol. The fraction of sp³-hybridized carbons (Fsp3) is 0.462. The second-order valence-corrected chi connectivity index (χ2v) is 9.17. The van der Waals surface area contributed by atoms with Crippen LogP contribution in [0.15, 0.2) is 42.6 Å². The molecule has 7 N–H and O–H groups in total. The molecule has 7 heteroatoms. The lowest BCUT2D eigenvalue weighted by Crippen LogP contribution is -2.29. The fourth-order valence-electron chi connectivity index (χ4n) is 4.90. The molecule has 7 nitrogen and oxygen atoms in total. The van der Waals surface area contributed by atoms with Crippen LogP contribution in [0.3, 0.4) is 0 Å². The van der Waals surface area contributed by atoms with Gasteiger partial charge in [-0.15, -0.1) is 0 Å². The molecule has 0 fully saturated rings. The predicted molar refractivity (Wildman–Crippen MR) is 135 cm³/mol. The maximum Gasteiger partial charge on any atom is 0.258 e. The minimum absolute atomic E-state index is 0.0781. The summed E-state index contributed by atoms with van der Waals surface area (Å²) in [5, 5.41) is 9.21. The summed E-state index contributed by atoms with van der Waals surface area (Å²) in [6, 6.07) is 12.4. The number of H-pyrrole nitrogens is 1. The smallest absolute Gasteiger partial charge is 0.258 e. The van der Waals surface area contributed by atoms with Crippen molar-refractivity contribution in [1.29, 1.82) is 0 Å². The molecule has 1 aliphatic heterocycles. The number of rotatable bonds is 13. The van der Waals surface area contributed by atoms with Crippen LogP contribution in [0.25, 0.3) is 22.0 Å². The number of amides is 1. The first-order chi connectivity index (χ1) is 16.1. The molecule has 1 amide bonds. The molecule has 33 heavy (non-hydrogen) atoms. The van der Waals surface area contributed by atoms with Gasteiger partial charge in [0.25, 0.3) is 5.91 Å². The van der Waals surface area contributed by atoms with E-state index in [1.54, 1.807) is 6.20 Å². The first-order valence-electron chi connectivity index (χ1n) is 12.2. The zero-order valence-electron chi connectivity index (χ0n) is 19.3. The van der Waals surface area contributed by atoms with Gasteiger partial charge in [-0.25, -0.2) is 0 Å². The average Bonchev–Trinajstić information content (AvgIpc) is 3.44. The van der Waals surface area contributed by atoms with Crippen LogP contribution >= 0.6 is 0 Å². The molecule has 0 bridgehead atoms. The normalized spacial score (nSPS) is 14.9. The Labute approximate surface area is 195 Å². The molecule has 0 spiro atoms.